The average Bonchev–Trinajstić information content (AvgIpc) is 2.45. The van der Waals surface area contributed by atoms with Crippen LogP contribution in [0.15, 0.2) is 45.2 Å². The zero-order chi connectivity index (χ0) is 15.2. The van der Waals surface area contributed by atoms with Crippen molar-refractivity contribution in [2.24, 2.45) is 0 Å². The number of hydrogen-bond donors (Lipinski definition) is 2. The number of hydrogen-bond acceptors (Lipinski definition) is 5. The highest BCUT2D eigenvalue weighted by molar-refractivity contribution is 7.99. The maximum absolute atomic E-state index is 12.0. The van der Waals surface area contributed by atoms with Crippen LogP contribution in [0.25, 0.3) is 0 Å². The first-order valence-electron chi connectivity index (χ1n) is 6.22. The van der Waals surface area contributed by atoms with Gasteiger partial charge in [0.25, 0.3) is 5.56 Å². The standard InChI is InChI=1S/C14H15N3O2S2/c1-9-7-12(18)17-14(15-9)21-8-13(19)16-10-5-3-4-6-11(10)20-2/h3-7H,8H2,1-2H3,(H,16,19)(H,15,17,18). The van der Waals surface area contributed by atoms with Crippen LogP contribution in [0.5, 0.6) is 0 Å². The summed E-state index contributed by atoms with van der Waals surface area (Å²) in [6.45, 7) is 1.74. The summed E-state index contributed by atoms with van der Waals surface area (Å²) < 4.78 is 0. The lowest BCUT2D eigenvalue weighted by molar-refractivity contribution is -0.113. The number of amides is 1. The van der Waals surface area contributed by atoms with Gasteiger partial charge < -0.3 is 10.3 Å². The van der Waals surface area contributed by atoms with Crippen LogP contribution in [0.1, 0.15) is 5.69 Å². The highest BCUT2D eigenvalue weighted by Crippen LogP contribution is 2.24. The third-order valence-electron chi connectivity index (χ3n) is 2.57. The van der Waals surface area contributed by atoms with Crippen LogP contribution < -0.4 is 10.9 Å². The molecule has 1 aromatic carbocycles. The number of nitrogens with zero attached hydrogens (tertiary/aromatic N) is 1. The molecule has 0 aliphatic rings. The number of nitrogens with one attached hydrogen (secondary N) is 2. The van der Waals surface area contributed by atoms with E-state index >= 15 is 0 Å². The monoisotopic (exact) mass is 321 g/mol. The van der Waals surface area contributed by atoms with Gasteiger partial charge in [-0.3, -0.25) is 9.59 Å². The van der Waals surface area contributed by atoms with E-state index in [1.807, 2.05) is 30.5 Å². The second-order valence-electron chi connectivity index (χ2n) is 4.23. The van der Waals surface area contributed by atoms with Gasteiger partial charge in [0.05, 0.1) is 11.4 Å². The number of benzene rings is 1. The molecular formula is C14H15N3O2S2. The molecule has 1 aromatic heterocycles. The van der Waals surface area contributed by atoms with Crippen LogP contribution in [-0.2, 0) is 4.79 Å². The highest BCUT2D eigenvalue weighted by atomic mass is 32.2. The van der Waals surface area contributed by atoms with Crippen LogP contribution >= 0.6 is 23.5 Å². The summed E-state index contributed by atoms with van der Waals surface area (Å²) in [5, 5.41) is 3.31. The van der Waals surface area contributed by atoms with Crippen molar-refractivity contribution in [3.63, 3.8) is 0 Å². The quantitative estimate of drug-likeness (QED) is 0.654. The molecule has 0 saturated carbocycles. The van der Waals surface area contributed by atoms with Crippen molar-refractivity contribution in [2.75, 3.05) is 17.3 Å². The number of aromatic amines is 1. The number of anilines is 1. The molecule has 0 saturated heterocycles. The number of aromatic nitrogens is 2. The van der Waals surface area contributed by atoms with Crippen LogP contribution in [0, 0.1) is 6.92 Å². The lowest BCUT2D eigenvalue weighted by atomic mass is 10.3. The Kier molecular flexibility index (Phi) is 5.46. The SMILES string of the molecule is CSc1ccccc1NC(=O)CSc1nc(C)cc(=O)[nH]1. The number of carbonyl (C=O) groups is 1. The van der Waals surface area contributed by atoms with Gasteiger partial charge in [0, 0.05) is 16.7 Å². The summed E-state index contributed by atoms with van der Waals surface area (Å²) in [7, 11) is 0. The minimum Gasteiger partial charge on any atom is -0.324 e. The van der Waals surface area contributed by atoms with Gasteiger partial charge in [-0.25, -0.2) is 4.98 Å². The topological polar surface area (TPSA) is 74.8 Å². The second-order valence-corrected chi connectivity index (χ2v) is 6.04. The Hall–Kier alpha value is -1.73. The van der Waals surface area contributed by atoms with Crippen molar-refractivity contribution in [1.29, 1.82) is 0 Å². The van der Waals surface area contributed by atoms with Crippen molar-refractivity contribution in [1.82, 2.24) is 9.97 Å². The Bertz CT molecular complexity index is 701. The maximum atomic E-state index is 12.0. The maximum Gasteiger partial charge on any atom is 0.251 e. The minimum absolute atomic E-state index is 0.134. The van der Waals surface area contributed by atoms with Crippen LogP contribution in [0.3, 0.4) is 0 Å². The van der Waals surface area contributed by atoms with E-state index in [-0.39, 0.29) is 17.2 Å². The first-order chi connectivity index (χ1) is 10.1. The number of para-hydroxylation sites is 1. The van der Waals surface area contributed by atoms with Crippen LogP contribution in [-0.4, -0.2) is 27.9 Å². The van der Waals surface area contributed by atoms with Gasteiger partial charge in [0.1, 0.15) is 0 Å². The summed E-state index contributed by atoms with van der Waals surface area (Å²) in [5.41, 5.74) is 1.22. The number of thioether (sulfide) groups is 2. The fourth-order valence-electron chi connectivity index (χ4n) is 1.69. The molecule has 21 heavy (non-hydrogen) atoms. The number of rotatable bonds is 5. The molecule has 0 fully saturated rings. The number of carbonyl (C=O) groups excluding carboxylic acids is 1. The molecule has 110 valence electrons. The molecule has 2 rings (SSSR count). The predicted octanol–water partition coefficient (Wildman–Crippen LogP) is 2.53. The minimum atomic E-state index is -0.210. The van der Waals surface area contributed by atoms with E-state index in [0.29, 0.717) is 10.9 Å². The normalized spacial score (nSPS) is 10.4. The molecule has 0 bridgehead atoms. The van der Waals surface area contributed by atoms with Crippen molar-refractivity contribution in [3.8, 4) is 0 Å². The summed E-state index contributed by atoms with van der Waals surface area (Å²) in [6, 6.07) is 9.03. The van der Waals surface area contributed by atoms with Crippen LogP contribution in [0.2, 0.25) is 0 Å². The zero-order valence-electron chi connectivity index (χ0n) is 11.7. The van der Waals surface area contributed by atoms with Crippen molar-refractivity contribution >= 4 is 35.1 Å². The molecule has 2 N–H and O–H groups in total. The smallest absolute Gasteiger partial charge is 0.251 e. The van der Waals surface area contributed by atoms with Gasteiger partial charge in [-0.15, -0.1) is 11.8 Å². The third kappa shape index (κ3) is 4.64. The molecule has 7 heteroatoms. The van der Waals surface area contributed by atoms with Gasteiger partial charge in [-0.2, -0.15) is 0 Å². The second kappa shape index (κ2) is 7.33. The number of aryl methyl sites for hydroxylation is 1. The average molecular weight is 321 g/mol. The first-order valence-corrected chi connectivity index (χ1v) is 8.43. The highest BCUT2D eigenvalue weighted by Gasteiger charge is 2.08. The first kappa shape index (κ1) is 15.7. The summed E-state index contributed by atoms with van der Waals surface area (Å²) in [6.07, 6.45) is 1.96. The van der Waals surface area contributed by atoms with Crippen molar-refractivity contribution < 1.29 is 4.79 Å². The Morgan fingerprint density at radius 3 is 2.86 bits per heavy atom. The Morgan fingerprint density at radius 2 is 2.14 bits per heavy atom. The lowest BCUT2D eigenvalue weighted by Gasteiger charge is -2.08. The Balaban J connectivity index is 1.97. The summed E-state index contributed by atoms with van der Waals surface area (Å²) in [4.78, 5) is 31.1. The van der Waals surface area contributed by atoms with E-state index in [0.717, 1.165) is 10.6 Å². The van der Waals surface area contributed by atoms with E-state index in [2.05, 4.69) is 15.3 Å². The van der Waals surface area contributed by atoms with E-state index in [1.165, 1.54) is 17.8 Å². The third-order valence-corrected chi connectivity index (χ3v) is 4.24. The molecule has 0 radical (unpaired) electrons. The van der Waals surface area contributed by atoms with E-state index in [4.69, 9.17) is 0 Å². The Morgan fingerprint density at radius 1 is 1.38 bits per heavy atom. The van der Waals surface area contributed by atoms with Gasteiger partial charge in [-0.1, -0.05) is 23.9 Å². The number of H-pyrrole nitrogens is 1. The fraction of sp³-hybridized carbons (Fsp3) is 0.214. The summed E-state index contributed by atoms with van der Waals surface area (Å²) >= 11 is 2.78. The zero-order valence-corrected chi connectivity index (χ0v) is 13.3. The molecule has 1 heterocycles. The molecule has 0 aliphatic carbocycles. The molecular weight excluding hydrogens is 306 g/mol. The van der Waals surface area contributed by atoms with E-state index in [1.54, 1.807) is 18.7 Å². The fourth-order valence-corrected chi connectivity index (χ4v) is 2.96. The van der Waals surface area contributed by atoms with Gasteiger partial charge in [0.2, 0.25) is 5.91 Å². The predicted molar refractivity (Wildman–Crippen MR) is 87.2 cm³/mol. The van der Waals surface area contributed by atoms with E-state index in [9.17, 15) is 9.59 Å². The van der Waals surface area contributed by atoms with Crippen molar-refractivity contribution in [2.45, 2.75) is 17.0 Å². The van der Waals surface area contributed by atoms with Gasteiger partial charge in [0.15, 0.2) is 5.16 Å². The molecule has 0 aliphatic heterocycles. The van der Waals surface area contributed by atoms with Crippen molar-refractivity contribution in [3.05, 3.63) is 46.4 Å². The molecule has 5 nitrogen and oxygen atoms in total. The molecule has 0 unspecified atom stereocenters. The molecule has 0 atom stereocenters. The van der Waals surface area contributed by atoms with E-state index < -0.39 is 0 Å². The van der Waals surface area contributed by atoms with Gasteiger partial charge >= 0.3 is 0 Å². The largest absolute Gasteiger partial charge is 0.324 e. The lowest BCUT2D eigenvalue weighted by Crippen LogP contribution is -2.16. The molecule has 0 spiro atoms. The summed E-state index contributed by atoms with van der Waals surface area (Å²) in [5.74, 6) is 0.0559. The molecule has 2 aromatic rings. The Labute approximate surface area is 131 Å². The molecule has 1 amide bonds. The van der Waals surface area contributed by atoms with Gasteiger partial charge in [-0.05, 0) is 25.3 Å². The van der Waals surface area contributed by atoms with Crippen LogP contribution in [0.4, 0.5) is 5.69 Å².